The number of aromatic nitrogens is 1. The largest absolute Gasteiger partial charge is 0.369 e. The van der Waals surface area contributed by atoms with Gasteiger partial charge >= 0.3 is 0 Å². The van der Waals surface area contributed by atoms with Crippen molar-refractivity contribution in [3.05, 3.63) is 21.8 Å². The van der Waals surface area contributed by atoms with Gasteiger partial charge < -0.3 is 11.1 Å². The highest BCUT2D eigenvalue weighted by molar-refractivity contribution is 9.10. The standard InChI is InChI=1S/C11H15BrClN3/c12-10-4-8(13)6-16-11(10)15-5-7-1-2-9(14)3-7/h4,6-7,9H,1-3,5,14H2,(H,15,16). The van der Waals surface area contributed by atoms with Crippen LogP contribution in [0.1, 0.15) is 19.3 Å². The van der Waals surface area contributed by atoms with E-state index >= 15 is 0 Å². The molecule has 2 unspecified atom stereocenters. The Morgan fingerprint density at radius 1 is 1.56 bits per heavy atom. The number of hydrogen-bond donors (Lipinski definition) is 2. The average Bonchev–Trinajstić information content (AvgIpc) is 2.63. The van der Waals surface area contributed by atoms with Crippen LogP contribution in [-0.2, 0) is 0 Å². The molecule has 3 N–H and O–H groups in total. The summed E-state index contributed by atoms with van der Waals surface area (Å²) in [7, 11) is 0. The molecule has 0 spiro atoms. The fourth-order valence-corrected chi connectivity index (χ4v) is 2.86. The number of rotatable bonds is 3. The highest BCUT2D eigenvalue weighted by atomic mass is 79.9. The van der Waals surface area contributed by atoms with Crippen molar-refractivity contribution in [1.29, 1.82) is 0 Å². The molecule has 0 saturated heterocycles. The van der Waals surface area contributed by atoms with Crippen LogP contribution in [0.2, 0.25) is 5.02 Å². The third-order valence-electron chi connectivity index (χ3n) is 2.95. The third-order valence-corrected chi connectivity index (χ3v) is 3.76. The Hall–Kier alpha value is -0.320. The molecule has 1 heterocycles. The third kappa shape index (κ3) is 3.09. The van der Waals surface area contributed by atoms with Gasteiger partial charge in [-0.25, -0.2) is 4.98 Å². The zero-order valence-electron chi connectivity index (χ0n) is 8.92. The first-order chi connectivity index (χ1) is 7.65. The second kappa shape index (κ2) is 5.34. The van der Waals surface area contributed by atoms with Crippen LogP contribution in [0.5, 0.6) is 0 Å². The van der Waals surface area contributed by atoms with Crippen molar-refractivity contribution in [2.75, 3.05) is 11.9 Å². The Morgan fingerprint density at radius 3 is 3.00 bits per heavy atom. The molecule has 1 saturated carbocycles. The van der Waals surface area contributed by atoms with Gasteiger partial charge in [0.05, 0.1) is 9.50 Å². The number of hydrogen-bond acceptors (Lipinski definition) is 3. The van der Waals surface area contributed by atoms with E-state index in [0.717, 1.165) is 29.7 Å². The van der Waals surface area contributed by atoms with Gasteiger partial charge in [0.15, 0.2) is 0 Å². The first-order valence-corrected chi connectivity index (χ1v) is 6.62. The molecule has 5 heteroatoms. The quantitative estimate of drug-likeness (QED) is 0.902. The van der Waals surface area contributed by atoms with Crippen molar-refractivity contribution in [1.82, 2.24) is 4.98 Å². The molecule has 1 aliphatic carbocycles. The van der Waals surface area contributed by atoms with Gasteiger partial charge in [-0.1, -0.05) is 11.6 Å². The summed E-state index contributed by atoms with van der Waals surface area (Å²) in [4.78, 5) is 4.24. The van der Waals surface area contributed by atoms with E-state index in [4.69, 9.17) is 17.3 Å². The molecule has 0 aliphatic heterocycles. The predicted octanol–water partition coefficient (Wildman–Crippen LogP) is 3.04. The van der Waals surface area contributed by atoms with E-state index in [1.54, 1.807) is 6.20 Å². The minimum atomic E-state index is 0.383. The summed E-state index contributed by atoms with van der Waals surface area (Å²) in [6, 6.07) is 2.23. The molecule has 88 valence electrons. The molecule has 3 nitrogen and oxygen atoms in total. The van der Waals surface area contributed by atoms with E-state index in [1.807, 2.05) is 6.07 Å². The van der Waals surface area contributed by atoms with Crippen LogP contribution in [0, 0.1) is 5.92 Å². The molecule has 16 heavy (non-hydrogen) atoms. The van der Waals surface area contributed by atoms with Gasteiger partial charge in [0.2, 0.25) is 0 Å². The number of halogens is 2. The molecule has 2 atom stereocenters. The van der Waals surface area contributed by atoms with Crippen molar-refractivity contribution in [3.63, 3.8) is 0 Å². The fourth-order valence-electron chi connectivity index (χ4n) is 2.08. The first kappa shape index (κ1) is 12.1. The van der Waals surface area contributed by atoms with Crippen molar-refractivity contribution in [3.8, 4) is 0 Å². The summed E-state index contributed by atoms with van der Waals surface area (Å²) in [5.74, 6) is 1.52. The van der Waals surface area contributed by atoms with Crippen LogP contribution < -0.4 is 11.1 Å². The van der Waals surface area contributed by atoms with Crippen LogP contribution >= 0.6 is 27.5 Å². The maximum Gasteiger partial charge on any atom is 0.140 e. The van der Waals surface area contributed by atoms with E-state index < -0.39 is 0 Å². The van der Waals surface area contributed by atoms with Crippen molar-refractivity contribution < 1.29 is 0 Å². The molecule has 1 aromatic rings. The van der Waals surface area contributed by atoms with Gasteiger partial charge in [-0.2, -0.15) is 0 Å². The summed E-state index contributed by atoms with van der Waals surface area (Å²) in [5, 5.41) is 3.97. The molecule has 0 aromatic carbocycles. The van der Waals surface area contributed by atoms with E-state index in [-0.39, 0.29) is 0 Å². The van der Waals surface area contributed by atoms with Crippen LogP contribution in [0.4, 0.5) is 5.82 Å². The topological polar surface area (TPSA) is 50.9 Å². The Kier molecular flexibility index (Phi) is 4.05. The highest BCUT2D eigenvalue weighted by Crippen LogP contribution is 2.27. The molecule has 2 rings (SSSR count). The Labute approximate surface area is 109 Å². The lowest BCUT2D eigenvalue weighted by Crippen LogP contribution is -2.18. The molecule has 0 amide bonds. The summed E-state index contributed by atoms with van der Waals surface area (Å²) in [5.41, 5.74) is 5.87. The second-order valence-electron chi connectivity index (χ2n) is 4.30. The fraction of sp³-hybridized carbons (Fsp3) is 0.545. The Balaban J connectivity index is 1.89. The van der Waals surface area contributed by atoms with Gasteiger partial charge in [0, 0.05) is 18.8 Å². The molecule has 0 bridgehead atoms. The molecule has 1 aliphatic rings. The average molecular weight is 305 g/mol. The monoisotopic (exact) mass is 303 g/mol. The van der Waals surface area contributed by atoms with Gasteiger partial charge in [-0.15, -0.1) is 0 Å². The molecule has 0 radical (unpaired) electrons. The minimum absolute atomic E-state index is 0.383. The summed E-state index contributed by atoms with van der Waals surface area (Å²) < 4.78 is 0.905. The highest BCUT2D eigenvalue weighted by Gasteiger charge is 2.21. The van der Waals surface area contributed by atoms with Crippen molar-refractivity contribution in [2.24, 2.45) is 11.7 Å². The number of nitrogens with two attached hydrogens (primary N) is 1. The minimum Gasteiger partial charge on any atom is -0.369 e. The number of pyridine rings is 1. The summed E-state index contributed by atoms with van der Waals surface area (Å²) in [6.07, 6.45) is 5.11. The predicted molar refractivity (Wildman–Crippen MR) is 70.8 cm³/mol. The lowest BCUT2D eigenvalue weighted by atomic mass is 10.1. The number of nitrogens with one attached hydrogen (secondary N) is 1. The van der Waals surface area contributed by atoms with Crippen LogP contribution in [0.15, 0.2) is 16.7 Å². The Morgan fingerprint density at radius 2 is 2.38 bits per heavy atom. The van der Waals surface area contributed by atoms with Crippen molar-refractivity contribution >= 4 is 33.3 Å². The zero-order valence-corrected chi connectivity index (χ0v) is 11.3. The van der Waals surface area contributed by atoms with Crippen LogP contribution in [0.25, 0.3) is 0 Å². The number of nitrogens with zero attached hydrogens (tertiary/aromatic N) is 1. The molecular weight excluding hydrogens is 289 g/mol. The van der Waals surface area contributed by atoms with Crippen LogP contribution in [-0.4, -0.2) is 17.6 Å². The van der Waals surface area contributed by atoms with E-state index in [1.165, 1.54) is 6.42 Å². The molecular formula is C11H15BrClN3. The molecule has 1 fully saturated rings. The van der Waals surface area contributed by atoms with E-state index in [9.17, 15) is 0 Å². The lowest BCUT2D eigenvalue weighted by Gasteiger charge is -2.12. The SMILES string of the molecule is NC1CCC(CNc2ncc(Cl)cc2Br)C1. The molecule has 1 aromatic heterocycles. The normalized spacial score (nSPS) is 24.7. The van der Waals surface area contributed by atoms with Gasteiger partial charge in [0.1, 0.15) is 5.82 Å². The van der Waals surface area contributed by atoms with Crippen LogP contribution in [0.3, 0.4) is 0 Å². The smallest absolute Gasteiger partial charge is 0.140 e. The van der Waals surface area contributed by atoms with Crippen molar-refractivity contribution in [2.45, 2.75) is 25.3 Å². The first-order valence-electron chi connectivity index (χ1n) is 5.45. The Bertz CT molecular complexity index is 372. The summed E-state index contributed by atoms with van der Waals surface area (Å²) >= 11 is 9.26. The van der Waals surface area contributed by atoms with Gasteiger partial charge in [-0.05, 0) is 47.2 Å². The van der Waals surface area contributed by atoms with Gasteiger partial charge in [-0.3, -0.25) is 0 Å². The second-order valence-corrected chi connectivity index (χ2v) is 5.59. The maximum absolute atomic E-state index is 5.87. The van der Waals surface area contributed by atoms with E-state index in [0.29, 0.717) is 17.0 Å². The number of anilines is 1. The van der Waals surface area contributed by atoms with Gasteiger partial charge in [0.25, 0.3) is 0 Å². The zero-order chi connectivity index (χ0) is 11.5. The maximum atomic E-state index is 5.87. The van der Waals surface area contributed by atoms with E-state index in [2.05, 4.69) is 26.2 Å². The summed E-state index contributed by atoms with van der Waals surface area (Å²) in [6.45, 7) is 0.931. The lowest BCUT2D eigenvalue weighted by molar-refractivity contribution is 0.565.